The summed E-state index contributed by atoms with van der Waals surface area (Å²) in [5, 5.41) is 5.41. The van der Waals surface area contributed by atoms with Gasteiger partial charge in [-0.25, -0.2) is 9.18 Å². The maximum absolute atomic E-state index is 14.3. The van der Waals surface area contributed by atoms with Crippen LogP contribution in [0.2, 0.25) is 0 Å². The fourth-order valence-corrected chi connectivity index (χ4v) is 3.00. The third kappa shape index (κ3) is 4.21. The molecule has 0 saturated carbocycles. The van der Waals surface area contributed by atoms with Crippen molar-refractivity contribution >= 4 is 17.4 Å². The Kier molecular flexibility index (Phi) is 5.38. The Bertz CT molecular complexity index is 745. The normalized spacial score (nSPS) is 13.6. The van der Waals surface area contributed by atoms with E-state index in [1.807, 2.05) is 29.2 Å². The number of ether oxygens (including phenoxy) is 1. The van der Waals surface area contributed by atoms with Gasteiger partial charge in [0, 0.05) is 30.9 Å². The second-order valence-electron chi connectivity index (χ2n) is 5.98. The topological polar surface area (TPSA) is 53.6 Å². The Morgan fingerprint density at radius 1 is 1.20 bits per heavy atom. The van der Waals surface area contributed by atoms with Gasteiger partial charge in [0.2, 0.25) is 0 Å². The van der Waals surface area contributed by atoms with Crippen molar-refractivity contribution in [1.29, 1.82) is 0 Å². The van der Waals surface area contributed by atoms with E-state index >= 15 is 0 Å². The first kappa shape index (κ1) is 17.1. The van der Waals surface area contributed by atoms with Gasteiger partial charge in [0.1, 0.15) is 11.6 Å². The SMILES string of the molecule is COc1ccccc1CNC(=O)Nc1ccc(N2CCCC2)c(F)c1. The highest BCUT2D eigenvalue weighted by molar-refractivity contribution is 5.89. The molecule has 0 aromatic heterocycles. The molecule has 2 amide bonds. The fraction of sp³-hybridized carbons (Fsp3) is 0.316. The van der Waals surface area contributed by atoms with E-state index in [4.69, 9.17) is 4.74 Å². The highest BCUT2D eigenvalue weighted by atomic mass is 19.1. The van der Waals surface area contributed by atoms with Gasteiger partial charge in [-0.3, -0.25) is 0 Å². The summed E-state index contributed by atoms with van der Waals surface area (Å²) in [5.41, 5.74) is 1.89. The summed E-state index contributed by atoms with van der Waals surface area (Å²) in [7, 11) is 1.59. The largest absolute Gasteiger partial charge is 0.496 e. The molecule has 1 aliphatic rings. The first-order valence-electron chi connectivity index (χ1n) is 8.38. The van der Waals surface area contributed by atoms with Crippen LogP contribution in [0, 0.1) is 5.82 Å². The molecule has 2 N–H and O–H groups in total. The minimum atomic E-state index is -0.390. The summed E-state index contributed by atoms with van der Waals surface area (Å²) in [6.45, 7) is 2.08. The van der Waals surface area contributed by atoms with Crippen molar-refractivity contribution in [3.05, 3.63) is 53.8 Å². The minimum absolute atomic E-state index is 0.315. The van der Waals surface area contributed by atoms with E-state index in [-0.39, 0.29) is 11.8 Å². The molecular weight excluding hydrogens is 321 g/mol. The Hall–Kier alpha value is -2.76. The smallest absolute Gasteiger partial charge is 0.319 e. The summed E-state index contributed by atoms with van der Waals surface area (Å²) < 4.78 is 19.5. The van der Waals surface area contributed by atoms with Crippen molar-refractivity contribution in [2.45, 2.75) is 19.4 Å². The average Bonchev–Trinajstić information content (AvgIpc) is 3.14. The minimum Gasteiger partial charge on any atom is -0.496 e. The molecule has 6 heteroatoms. The Balaban J connectivity index is 1.58. The molecule has 3 rings (SSSR count). The van der Waals surface area contributed by atoms with Crippen LogP contribution >= 0.6 is 0 Å². The standard InChI is InChI=1S/C19H22FN3O2/c1-25-18-7-3-2-6-14(18)13-21-19(24)22-15-8-9-17(16(20)12-15)23-10-4-5-11-23/h2-3,6-9,12H,4-5,10-11,13H2,1H3,(H2,21,22,24). The molecule has 0 unspecified atom stereocenters. The molecule has 2 aromatic rings. The number of hydrogen-bond donors (Lipinski definition) is 2. The number of para-hydroxylation sites is 1. The molecule has 1 fully saturated rings. The van der Waals surface area contributed by atoms with Gasteiger partial charge in [0.05, 0.1) is 12.8 Å². The molecule has 5 nitrogen and oxygen atoms in total. The number of urea groups is 1. The molecule has 25 heavy (non-hydrogen) atoms. The molecule has 0 atom stereocenters. The highest BCUT2D eigenvalue weighted by Crippen LogP contribution is 2.26. The van der Waals surface area contributed by atoms with Crippen molar-refractivity contribution in [2.24, 2.45) is 0 Å². The van der Waals surface area contributed by atoms with Gasteiger partial charge in [-0.15, -0.1) is 0 Å². The van der Waals surface area contributed by atoms with Crippen molar-refractivity contribution in [1.82, 2.24) is 5.32 Å². The molecule has 0 spiro atoms. The summed E-state index contributed by atoms with van der Waals surface area (Å²) in [6.07, 6.45) is 2.18. The van der Waals surface area contributed by atoms with Crippen LogP contribution in [0.15, 0.2) is 42.5 Å². The molecule has 0 bridgehead atoms. The number of carbonyl (C=O) groups excluding carboxylic acids is 1. The lowest BCUT2D eigenvalue weighted by atomic mass is 10.2. The maximum Gasteiger partial charge on any atom is 0.319 e. The predicted octanol–water partition coefficient (Wildman–Crippen LogP) is 3.76. The first-order chi connectivity index (χ1) is 12.2. The van der Waals surface area contributed by atoms with Gasteiger partial charge in [-0.1, -0.05) is 18.2 Å². The lowest BCUT2D eigenvalue weighted by molar-refractivity contribution is 0.251. The molecule has 132 valence electrons. The van der Waals surface area contributed by atoms with Crippen molar-refractivity contribution in [2.75, 3.05) is 30.4 Å². The van der Waals surface area contributed by atoms with Gasteiger partial charge >= 0.3 is 6.03 Å². The van der Waals surface area contributed by atoms with Crippen LogP contribution in [0.25, 0.3) is 0 Å². The van der Waals surface area contributed by atoms with E-state index < -0.39 is 0 Å². The monoisotopic (exact) mass is 343 g/mol. The van der Waals surface area contributed by atoms with E-state index in [0.29, 0.717) is 23.7 Å². The van der Waals surface area contributed by atoms with E-state index in [1.165, 1.54) is 6.07 Å². The Labute approximate surface area is 146 Å². The number of amides is 2. The third-order valence-electron chi connectivity index (χ3n) is 4.28. The molecular formula is C19H22FN3O2. The van der Waals surface area contributed by atoms with E-state index in [0.717, 1.165) is 31.5 Å². The number of nitrogens with one attached hydrogen (secondary N) is 2. The van der Waals surface area contributed by atoms with Crippen LogP contribution in [0.3, 0.4) is 0 Å². The van der Waals surface area contributed by atoms with Gasteiger partial charge in [0.25, 0.3) is 0 Å². The number of carbonyl (C=O) groups is 1. The predicted molar refractivity (Wildman–Crippen MR) is 96.7 cm³/mol. The quantitative estimate of drug-likeness (QED) is 0.869. The van der Waals surface area contributed by atoms with Gasteiger partial charge in [-0.2, -0.15) is 0 Å². The zero-order chi connectivity index (χ0) is 17.6. The van der Waals surface area contributed by atoms with E-state index in [2.05, 4.69) is 10.6 Å². The van der Waals surface area contributed by atoms with Crippen molar-refractivity contribution < 1.29 is 13.9 Å². The van der Waals surface area contributed by atoms with Crippen LogP contribution in [-0.2, 0) is 6.54 Å². The number of rotatable bonds is 5. The van der Waals surface area contributed by atoms with Gasteiger partial charge < -0.3 is 20.3 Å². The van der Waals surface area contributed by atoms with E-state index in [9.17, 15) is 9.18 Å². The third-order valence-corrected chi connectivity index (χ3v) is 4.28. The first-order valence-corrected chi connectivity index (χ1v) is 8.38. The summed E-state index contributed by atoms with van der Waals surface area (Å²) in [5.74, 6) is 0.397. The van der Waals surface area contributed by atoms with Crippen LogP contribution < -0.4 is 20.3 Å². The van der Waals surface area contributed by atoms with Crippen LogP contribution in [0.5, 0.6) is 5.75 Å². The van der Waals surface area contributed by atoms with E-state index in [1.54, 1.807) is 19.2 Å². The van der Waals surface area contributed by atoms with Gasteiger partial charge in [-0.05, 0) is 37.1 Å². The molecule has 0 aliphatic carbocycles. The second-order valence-corrected chi connectivity index (χ2v) is 5.98. The fourth-order valence-electron chi connectivity index (χ4n) is 3.00. The zero-order valence-corrected chi connectivity index (χ0v) is 14.2. The summed E-state index contributed by atoms with van der Waals surface area (Å²) in [4.78, 5) is 14.1. The van der Waals surface area contributed by atoms with Crippen LogP contribution in [0.4, 0.5) is 20.6 Å². The Morgan fingerprint density at radius 3 is 2.68 bits per heavy atom. The number of hydrogen-bond acceptors (Lipinski definition) is 3. The lowest BCUT2D eigenvalue weighted by Gasteiger charge is -2.19. The molecule has 1 aliphatic heterocycles. The van der Waals surface area contributed by atoms with Crippen LogP contribution in [0.1, 0.15) is 18.4 Å². The molecule has 1 saturated heterocycles. The molecule has 0 radical (unpaired) electrons. The number of methoxy groups -OCH3 is 1. The van der Waals surface area contributed by atoms with Gasteiger partial charge in [0.15, 0.2) is 0 Å². The molecule has 2 aromatic carbocycles. The second kappa shape index (κ2) is 7.88. The van der Waals surface area contributed by atoms with Crippen LogP contribution in [-0.4, -0.2) is 26.2 Å². The number of nitrogens with zero attached hydrogens (tertiary/aromatic N) is 1. The highest BCUT2D eigenvalue weighted by Gasteiger charge is 2.16. The summed E-state index contributed by atoms with van der Waals surface area (Å²) >= 11 is 0. The number of halogens is 1. The summed E-state index contributed by atoms with van der Waals surface area (Å²) in [6, 6.07) is 11.9. The zero-order valence-electron chi connectivity index (χ0n) is 14.2. The number of benzene rings is 2. The molecule has 1 heterocycles. The van der Waals surface area contributed by atoms with Crippen molar-refractivity contribution in [3.63, 3.8) is 0 Å². The Morgan fingerprint density at radius 2 is 1.96 bits per heavy atom. The maximum atomic E-state index is 14.3. The lowest BCUT2D eigenvalue weighted by Crippen LogP contribution is -2.28. The van der Waals surface area contributed by atoms with Crippen molar-refractivity contribution in [3.8, 4) is 5.75 Å². The number of anilines is 2. The average molecular weight is 343 g/mol.